The van der Waals surface area contributed by atoms with Crippen molar-refractivity contribution in [1.82, 2.24) is 15.2 Å². The fourth-order valence-electron chi connectivity index (χ4n) is 2.75. The van der Waals surface area contributed by atoms with Crippen molar-refractivity contribution in [3.63, 3.8) is 0 Å². The van der Waals surface area contributed by atoms with Crippen LogP contribution in [0.4, 0.5) is 10.6 Å². The van der Waals surface area contributed by atoms with Crippen molar-refractivity contribution in [2.24, 2.45) is 0 Å². The van der Waals surface area contributed by atoms with Crippen LogP contribution in [0.5, 0.6) is 5.75 Å². The highest BCUT2D eigenvalue weighted by molar-refractivity contribution is 5.74. The van der Waals surface area contributed by atoms with Crippen molar-refractivity contribution in [3.05, 3.63) is 54.2 Å². The Labute approximate surface area is 148 Å². The molecule has 0 saturated carbocycles. The van der Waals surface area contributed by atoms with Gasteiger partial charge < -0.3 is 19.9 Å². The number of pyridine rings is 1. The monoisotopic (exact) mass is 340 g/mol. The van der Waals surface area contributed by atoms with Gasteiger partial charge in [-0.3, -0.25) is 0 Å². The van der Waals surface area contributed by atoms with Crippen LogP contribution in [0.15, 0.2) is 48.7 Å². The third-order valence-electron chi connectivity index (χ3n) is 4.21. The number of ether oxygens (including phenoxy) is 1. The number of carbonyl (C=O) groups is 1. The molecule has 1 aromatic carbocycles. The lowest BCUT2D eigenvalue weighted by Crippen LogP contribution is -2.52. The van der Waals surface area contributed by atoms with E-state index >= 15 is 0 Å². The molecule has 1 aliphatic heterocycles. The maximum atomic E-state index is 12.2. The molecule has 25 heavy (non-hydrogen) atoms. The van der Waals surface area contributed by atoms with Gasteiger partial charge in [0.15, 0.2) is 0 Å². The molecule has 0 aliphatic carbocycles. The highest BCUT2D eigenvalue weighted by Crippen LogP contribution is 2.13. The van der Waals surface area contributed by atoms with Gasteiger partial charge in [0.05, 0.1) is 6.54 Å². The molecule has 0 bridgehead atoms. The van der Waals surface area contributed by atoms with Gasteiger partial charge in [-0.25, -0.2) is 9.78 Å². The van der Waals surface area contributed by atoms with Crippen LogP contribution in [0.1, 0.15) is 5.56 Å². The summed E-state index contributed by atoms with van der Waals surface area (Å²) in [6, 6.07) is 13.7. The molecular formula is C19H24N4O2. The number of benzene rings is 1. The van der Waals surface area contributed by atoms with Gasteiger partial charge >= 0.3 is 6.03 Å². The van der Waals surface area contributed by atoms with Crippen molar-refractivity contribution in [2.75, 3.05) is 44.2 Å². The fraction of sp³-hybridized carbons (Fsp3) is 0.368. The summed E-state index contributed by atoms with van der Waals surface area (Å²) in [7, 11) is 0. The number of piperazine rings is 1. The van der Waals surface area contributed by atoms with Crippen molar-refractivity contribution < 1.29 is 9.53 Å². The average Bonchev–Trinajstić information content (AvgIpc) is 2.67. The van der Waals surface area contributed by atoms with Crippen LogP contribution in [-0.2, 0) is 0 Å². The molecular weight excluding hydrogens is 316 g/mol. The maximum Gasteiger partial charge on any atom is 0.317 e. The molecule has 6 nitrogen and oxygen atoms in total. The third-order valence-corrected chi connectivity index (χ3v) is 4.21. The first-order chi connectivity index (χ1) is 12.2. The van der Waals surface area contributed by atoms with Crippen LogP contribution in [0.3, 0.4) is 0 Å². The van der Waals surface area contributed by atoms with E-state index in [2.05, 4.69) is 15.2 Å². The second-order valence-corrected chi connectivity index (χ2v) is 6.06. The molecule has 0 spiro atoms. The molecule has 2 heterocycles. The summed E-state index contributed by atoms with van der Waals surface area (Å²) in [4.78, 5) is 20.6. The zero-order valence-corrected chi connectivity index (χ0v) is 14.5. The molecule has 3 rings (SSSR count). The van der Waals surface area contributed by atoms with E-state index < -0.39 is 0 Å². The van der Waals surface area contributed by atoms with Crippen LogP contribution >= 0.6 is 0 Å². The number of anilines is 1. The van der Waals surface area contributed by atoms with Gasteiger partial charge in [0.25, 0.3) is 0 Å². The van der Waals surface area contributed by atoms with Crippen molar-refractivity contribution in [3.8, 4) is 5.75 Å². The van der Waals surface area contributed by atoms with E-state index in [1.807, 2.05) is 54.3 Å². The molecule has 1 saturated heterocycles. The van der Waals surface area contributed by atoms with Gasteiger partial charge in [-0.1, -0.05) is 23.8 Å². The number of aromatic nitrogens is 1. The number of nitrogens with zero attached hydrogens (tertiary/aromatic N) is 3. The minimum absolute atomic E-state index is 0.0341. The lowest BCUT2D eigenvalue weighted by molar-refractivity contribution is 0.191. The standard InChI is InChI=1S/C19H24N4O2/c1-16-5-7-17(8-6-16)25-15-10-21-19(24)23-13-11-22(12-14-23)18-4-2-3-9-20-18/h2-9H,10-15H2,1H3,(H,21,24). The van der Waals surface area contributed by atoms with Crippen LogP contribution < -0.4 is 15.0 Å². The molecule has 132 valence electrons. The van der Waals surface area contributed by atoms with Crippen LogP contribution in [0.2, 0.25) is 0 Å². The van der Waals surface area contributed by atoms with Crippen LogP contribution in [0, 0.1) is 6.92 Å². The summed E-state index contributed by atoms with van der Waals surface area (Å²) >= 11 is 0. The summed E-state index contributed by atoms with van der Waals surface area (Å²) in [6.45, 7) is 5.98. The Morgan fingerprint density at radius 2 is 1.88 bits per heavy atom. The van der Waals surface area contributed by atoms with Crippen LogP contribution in [0.25, 0.3) is 0 Å². The number of aryl methyl sites for hydroxylation is 1. The van der Waals surface area contributed by atoms with E-state index in [1.54, 1.807) is 6.20 Å². The van der Waals surface area contributed by atoms with E-state index in [0.29, 0.717) is 26.2 Å². The predicted molar refractivity (Wildman–Crippen MR) is 98.1 cm³/mol. The van der Waals surface area contributed by atoms with E-state index in [1.165, 1.54) is 5.56 Å². The largest absolute Gasteiger partial charge is 0.492 e. The lowest BCUT2D eigenvalue weighted by atomic mass is 10.2. The Kier molecular flexibility index (Phi) is 5.72. The van der Waals surface area contributed by atoms with Gasteiger partial charge in [0.2, 0.25) is 0 Å². The molecule has 0 unspecified atom stereocenters. The fourth-order valence-corrected chi connectivity index (χ4v) is 2.75. The minimum Gasteiger partial charge on any atom is -0.492 e. The smallest absolute Gasteiger partial charge is 0.317 e. The quantitative estimate of drug-likeness (QED) is 0.849. The Hall–Kier alpha value is -2.76. The van der Waals surface area contributed by atoms with E-state index in [0.717, 1.165) is 24.7 Å². The number of rotatable bonds is 5. The number of hydrogen-bond acceptors (Lipinski definition) is 4. The van der Waals surface area contributed by atoms with Gasteiger partial charge in [-0.15, -0.1) is 0 Å². The summed E-state index contributed by atoms with van der Waals surface area (Å²) in [5.41, 5.74) is 1.20. The highest BCUT2D eigenvalue weighted by Gasteiger charge is 2.21. The molecule has 0 atom stereocenters. The SMILES string of the molecule is Cc1ccc(OCCNC(=O)N2CCN(c3ccccn3)CC2)cc1. The number of amides is 2. The molecule has 1 aromatic heterocycles. The van der Waals surface area contributed by atoms with Gasteiger partial charge in [0.1, 0.15) is 18.2 Å². The second-order valence-electron chi connectivity index (χ2n) is 6.06. The molecule has 0 radical (unpaired) electrons. The lowest BCUT2D eigenvalue weighted by Gasteiger charge is -2.35. The zero-order chi connectivity index (χ0) is 17.5. The van der Waals surface area contributed by atoms with E-state index in [4.69, 9.17) is 4.74 Å². The first kappa shape index (κ1) is 17.1. The highest BCUT2D eigenvalue weighted by atomic mass is 16.5. The molecule has 6 heteroatoms. The second kappa shape index (κ2) is 8.37. The number of hydrogen-bond donors (Lipinski definition) is 1. The number of carbonyl (C=O) groups excluding carboxylic acids is 1. The summed E-state index contributed by atoms with van der Waals surface area (Å²) in [6.07, 6.45) is 1.79. The Bertz CT molecular complexity index is 668. The minimum atomic E-state index is -0.0341. The summed E-state index contributed by atoms with van der Waals surface area (Å²) in [5.74, 6) is 1.79. The van der Waals surface area contributed by atoms with Gasteiger partial charge in [-0.2, -0.15) is 0 Å². The summed E-state index contributed by atoms with van der Waals surface area (Å²) in [5, 5.41) is 2.92. The predicted octanol–water partition coefficient (Wildman–Crippen LogP) is 2.30. The Morgan fingerprint density at radius 3 is 2.56 bits per heavy atom. The average molecular weight is 340 g/mol. The molecule has 1 aliphatic rings. The maximum absolute atomic E-state index is 12.2. The van der Waals surface area contributed by atoms with Crippen molar-refractivity contribution in [2.45, 2.75) is 6.92 Å². The van der Waals surface area contributed by atoms with E-state index in [9.17, 15) is 4.79 Å². The number of urea groups is 1. The van der Waals surface area contributed by atoms with Crippen molar-refractivity contribution >= 4 is 11.8 Å². The first-order valence-corrected chi connectivity index (χ1v) is 8.60. The third kappa shape index (κ3) is 4.86. The molecule has 2 amide bonds. The molecule has 2 aromatic rings. The normalized spacial score (nSPS) is 14.3. The van der Waals surface area contributed by atoms with Crippen molar-refractivity contribution in [1.29, 1.82) is 0 Å². The van der Waals surface area contributed by atoms with E-state index in [-0.39, 0.29) is 6.03 Å². The summed E-state index contributed by atoms with van der Waals surface area (Å²) < 4.78 is 5.62. The molecule has 1 fully saturated rings. The Morgan fingerprint density at radius 1 is 1.12 bits per heavy atom. The van der Waals surface area contributed by atoms with Gasteiger partial charge in [-0.05, 0) is 31.2 Å². The number of nitrogens with one attached hydrogen (secondary N) is 1. The topological polar surface area (TPSA) is 57.7 Å². The van der Waals surface area contributed by atoms with Crippen LogP contribution in [-0.4, -0.2) is 55.2 Å². The first-order valence-electron chi connectivity index (χ1n) is 8.60. The Balaban J connectivity index is 1.36. The van der Waals surface area contributed by atoms with Gasteiger partial charge in [0, 0.05) is 32.4 Å². The zero-order valence-electron chi connectivity index (χ0n) is 14.5. The molecule has 1 N–H and O–H groups in total.